The number of thiophene rings is 1. The van der Waals surface area contributed by atoms with E-state index in [2.05, 4.69) is 5.32 Å². The molecule has 0 spiro atoms. The number of carbonyl (C=O) groups is 2. The molecular formula is C12H15ClN2O4S. The lowest BCUT2D eigenvalue weighted by Gasteiger charge is -2.21. The molecule has 0 aliphatic carbocycles. The van der Waals surface area contributed by atoms with Crippen molar-refractivity contribution in [2.75, 3.05) is 13.1 Å². The summed E-state index contributed by atoms with van der Waals surface area (Å²) >= 11 is 7.25. The number of likely N-dealkylation sites (tertiary alicyclic amines) is 1. The molecule has 2 atom stereocenters. The van der Waals surface area contributed by atoms with Gasteiger partial charge in [0.2, 0.25) is 0 Å². The van der Waals surface area contributed by atoms with E-state index >= 15 is 0 Å². The van der Waals surface area contributed by atoms with Gasteiger partial charge in [-0.2, -0.15) is 0 Å². The molecule has 1 aliphatic heterocycles. The monoisotopic (exact) mass is 318 g/mol. The topological polar surface area (TPSA) is 89.9 Å². The number of aliphatic hydroxyl groups excluding tert-OH is 1. The minimum absolute atomic E-state index is 0.0492. The van der Waals surface area contributed by atoms with Gasteiger partial charge in [-0.25, -0.2) is 9.59 Å². The molecule has 1 saturated heterocycles. The fourth-order valence-corrected chi connectivity index (χ4v) is 3.24. The first-order valence-corrected chi connectivity index (χ1v) is 7.36. The van der Waals surface area contributed by atoms with Gasteiger partial charge in [-0.05, 0) is 18.6 Å². The first-order chi connectivity index (χ1) is 9.47. The zero-order chi connectivity index (χ0) is 14.7. The van der Waals surface area contributed by atoms with Crippen molar-refractivity contribution in [3.05, 3.63) is 21.3 Å². The van der Waals surface area contributed by atoms with Crippen LogP contribution in [-0.4, -0.2) is 52.3 Å². The number of hydrogen-bond donors (Lipinski definition) is 3. The van der Waals surface area contributed by atoms with Crippen LogP contribution in [0.25, 0.3) is 0 Å². The molecule has 3 N–H and O–H groups in total. The molecule has 0 radical (unpaired) electrons. The van der Waals surface area contributed by atoms with Crippen LogP contribution < -0.4 is 5.32 Å². The maximum atomic E-state index is 11.9. The molecule has 2 rings (SSSR count). The predicted octanol–water partition coefficient (Wildman–Crippen LogP) is 1.17. The van der Waals surface area contributed by atoms with Gasteiger partial charge in [0.05, 0.1) is 10.4 Å². The Morgan fingerprint density at radius 1 is 1.50 bits per heavy atom. The number of hydrogen-bond acceptors (Lipinski definition) is 4. The van der Waals surface area contributed by atoms with Crippen LogP contribution in [0, 0.1) is 0 Å². The molecule has 1 aromatic heterocycles. The van der Waals surface area contributed by atoms with E-state index in [0.717, 1.165) is 9.78 Å². The van der Waals surface area contributed by atoms with E-state index in [0.29, 0.717) is 17.3 Å². The minimum atomic E-state index is -1.10. The molecule has 0 unspecified atom stereocenters. The highest BCUT2D eigenvalue weighted by Gasteiger charge is 2.38. The van der Waals surface area contributed by atoms with Crippen LogP contribution in [0.3, 0.4) is 0 Å². The van der Waals surface area contributed by atoms with Gasteiger partial charge in [0.25, 0.3) is 0 Å². The molecule has 1 aliphatic rings. The minimum Gasteiger partial charge on any atom is -0.480 e. The Morgan fingerprint density at radius 2 is 2.25 bits per heavy atom. The average molecular weight is 319 g/mol. The number of rotatable bonds is 4. The van der Waals surface area contributed by atoms with Crippen molar-refractivity contribution in [3.8, 4) is 0 Å². The van der Waals surface area contributed by atoms with E-state index in [1.807, 2.05) is 6.07 Å². The van der Waals surface area contributed by atoms with Crippen LogP contribution >= 0.6 is 22.9 Å². The molecule has 0 aromatic carbocycles. The fourth-order valence-electron chi connectivity index (χ4n) is 2.15. The number of amides is 2. The maximum absolute atomic E-state index is 11.9. The number of nitrogens with one attached hydrogen (secondary N) is 1. The van der Waals surface area contributed by atoms with Crippen molar-refractivity contribution in [1.82, 2.24) is 10.2 Å². The summed E-state index contributed by atoms with van der Waals surface area (Å²) in [6.45, 7) is 0.447. The van der Waals surface area contributed by atoms with E-state index in [9.17, 15) is 14.7 Å². The third kappa shape index (κ3) is 3.62. The summed E-state index contributed by atoms with van der Waals surface area (Å²) < 4.78 is 0.694. The number of aliphatic hydroxyl groups is 1. The second kappa shape index (κ2) is 6.43. The molecule has 110 valence electrons. The number of halogens is 1. The Balaban J connectivity index is 1.83. The largest absolute Gasteiger partial charge is 0.480 e. The summed E-state index contributed by atoms with van der Waals surface area (Å²) in [6, 6.07) is 2.26. The van der Waals surface area contributed by atoms with Crippen molar-refractivity contribution in [1.29, 1.82) is 0 Å². The molecular weight excluding hydrogens is 304 g/mol. The number of nitrogens with zero attached hydrogens (tertiary/aromatic N) is 1. The lowest BCUT2D eigenvalue weighted by molar-refractivity contribution is -0.141. The third-order valence-corrected chi connectivity index (χ3v) is 4.39. The van der Waals surface area contributed by atoms with Crippen LogP contribution in [0.5, 0.6) is 0 Å². The molecule has 0 bridgehead atoms. The van der Waals surface area contributed by atoms with Gasteiger partial charge in [0.1, 0.15) is 6.04 Å². The Hall–Kier alpha value is -1.31. The summed E-state index contributed by atoms with van der Waals surface area (Å²) in [6.07, 6.45) is -0.0708. The molecule has 0 saturated carbocycles. The molecule has 8 heteroatoms. The van der Waals surface area contributed by atoms with E-state index < -0.39 is 24.1 Å². The standard InChI is InChI=1S/C12H15ClN2O4S/c13-10-2-1-8(20-10)3-4-14-12(19)15-6-7(16)5-9(15)11(17)18/h1-2,7,9,16H,3-6H2,(H,14,19)(H,17,18)/t7-,9+/m1/s1. The first kappa shape index (κ1) is 15.1. The van der Waals surface area contributed by atoms with Gasteiger partial charge >= 0.3 is 12.0 Å². The molecule has 1 fully saturated rings. The maximum Gasteiger partial charge on any atom is 0.326 e. The van der Waals surface area contributed by atoms with Crippen molar-refractivity contribution in [2.24, 2.45) is 0 Å². The van der Waals surface area contributed by atoms with E-state index in [4.69, 9.17) is 16.7 Å². The smallest absolute Gasteiger partial charge is 0.326 e. The van der Waals surface area contributed by atoms with Gasteiger partial charge in [-0.3, -0.25) is 0 Å². The molecule has 20 heavy (non-hydrogen) atoms. The van der Waals surface area contributed by atoms with E-state index in [1.54, 1.807) is 6.07 Å². The zero-order valence-electron chi connectivity index (χ0n) is 10.6. The Labute approximate surface area is 125 Å². The second-order valence-electron chi connectivity index (χ2n) is 4.58. The Morgan fingerprint density at radius 3 is 2.85 bits per heavy atom. The Bertz CT molecular complexity index is 507. The van der Waals surface area contributed by atoms with Crippen molar-refractivity contribution in [3.63, 3.8) is 0 Å². The summed E-state index contributed by atoms with van der Waals surface area (Å²) in [4.78, 5) is 25.1. The quantitative estimate of drug-likeness (QED) is 0.777. The van der Waals surface area contributed by atoms with Crippen molar-refractivity contribution < 1.29 is 19.8 Å². The van der Waals surface area contributed by atoms with Crippen molar-refractivity contribution in [2.45, 2.75) is 25.0 Å². The SMILES string of the molecule is O=C(O)[C@@H]1C[C@@H](O)CN1C(=O)NCCc1ccc(Cl)s1. The van der Waals surface area contributed by atoms with Gasteiger partial charge in [-0.15, -0.1) is 11.3 Å². The highest BCUT2D eigenvalue weighted by molar-refractivity contribution is 7.16. The summed E-state index contributed by atoms with van der Waals surface area (Å²) in [5.74, 6) is -1.10. The normalized spacial score (nSPS) is 22.0. The Kier molecular flexibility index (Phi) is 4.85. The number of carbonyl (C=O) groups excluding carboxylic acids is 1. The van der Waals surface area contributed by atoms with Crippen molar-refractivity contribution >= 4 is 34.9 Å². The van der Waals surface area contributed by atoms with Gasteiger partial charge in [0, 0.05) is 24.4 Å². The summed E-state index contributed by atoms with van der Waals surface area (Å²) in [5.41, 5.74) is 0. The summed E-state index contributed by atoms with van der Waals surface area (Å²) in [7, 11) is 0. The van der Waals surface area contributed by atoms with Gasteiger partial charge < -0.3 is 20.4 Å². The second-order valence-corrected chi connectivity index (χ2v) is 6.38. The lowest BCUT2D eigenvalue weighted by Crippen LogP contribution is -2.46. The van der Waals surface area contributed by atoms with E-state index in [1.165, 1.54) is 11.3 Å². The predicted molar refractivity (Wildman–Crippen MR) is 75.2 cm³/mol. The number of urea groups is 1. The number of carboxylic acid groups (broad SMARTS) is 1. The van der Waals surface area contributed by atoms with Crippen LogP contribution in [0.1, 0.15) is 11.3 Å². The molecule has 1 aromatic rings. The molecule has 6 nitrogen and oxygen atoms in total. The average Bonchev–Trinajstić information content (AvgIpc) is 2.95. The highest BCUT2D eigenvalue weighted by atomic mass is 35.5. The van der Waals surface area contributed by atoms with Crippen LogP contribution in [-0.2, 0) is 11.2 Å². The number of carboxylic acids is 1. The molecule has 2 heterocycles. The highest BCUT2D eigenvalue weighted by Crippen LogP contribution is 2.21. The van der Waals surface area contributed by atoms with Gasteiger partial charge in [-0.1, -0.05) is 11.6 Å². The zero-order valence-corrected chi connectivity index (χ0v) is 12.2. The fraction of sp³-hybridized carbons (Fsp3) is 0.500. The third-order valence-electron chi connectivity index (χ3n) is 3.10. The number of β-amino-alcohol motifs (C(OH)–C–C–N with tert-alkyl or cyclic N) is 1. The molecule has 2 amide bonds. The first-order valence-electron chi connectivity index (χ1n) is 6.17. The van der Waals surface area contributed by atoms with Crippen LogP contribution in [0.4, 0.5) is 4.79 Å². The number of aliphatic carboxylic acids is 1. The summed E-state index contributed by atoms with van der Waals surface area (Å²) in [5, 5.41) is 21.2. The van der Waals surface area contributed by atoms with E-state index in [-0.39, 0.29) is 13.0 Å². The van der Waals surface area contributed by atoms with Crippen LogP contribution in [0.15, 0.2) is 12.1 Å². The van der Waals surface area contributed by atoms with Gasteiger partial charge in [0.15, 0.2) is 0 Å². The van der Waals surface area contributed by atoms with Crippen LogP contribution in [0.2, 0.25) is 4.34 Å². The lowest BCUT2D eigenvalue weighted by atomic mass is 10.2.